The summed E-state index contributed by atoms with van der Waals surface area (Å²) in [5.74, 6) is 0.0175. The highest BCUT2D eigenvalue weighted by Gasteiger charge is 2.26. The first kappa shape index (κ1) is 17.7. The van der Waals surface area contributed by atoms with Gasteiger partial charge in [-0.3, -0.25) is 0 Å². The van der Waals surface area contributed by atoms with E-state index in [4.69, 9.17) is 10.00 Å². The van der Waals surface area contributed by atoms with E-state index >= 15 is 0 Å². The topological polar surface area (TPSA) is 86.5 Å². The Kier molecular flexibility index (Phi) is 5.93. The van der Waals surface area contributed by atoms with Crippen LogP contribution in [-0.4, -0.2) is 62.3 Å². The molecule has 0 spiro atoms. The number of piperazine rings is 1. The van der Waals surface area contributed by atoms with Crippen molar-refractivity contribution >= 4 is 15.7 Å². The molecule has 7 nitrogen and oxygen atoms in total. The van der Waals surface area contributed by atoms with Gasteiger partial charge in [0.1, 0.15) is 11.8 Å². The van der Waals surface area contributed by atoms with Gasteiger partial charge in [-0.15, -0.1) is 0 Å². The third kappa shape index (κ3) is 4.89. The summed E-state index contributed by atoms with van der Waals surface area (Å²) in [6.07, 6.45) is 1.69. The lowest BCUT2D eigenvalue weighted by atomic mass is 10.3. The number of anilines is 1. The lowest BCUT2D eigenvalue weighted by molar-refractivity contribution is 0.0906. The molecule has 0 aliphatic carbocycles. The van der Waals surface area contributed by atoms with Crippen LogP contribution in [0.25, 0.3) is 0 Å². The van der Waals surface area contributed by atoms with Crippen molar-refractivity contribution in [2.75, 3.05) is 43.4 Å². The maximum atomic E-state index is 12.3. The van der Waals surface area contributed by atoms with Crippen molar-refractivity contribution in [3.8, 4) is 6.07 Å². The molecule has 0 unspecified atom stereocenters. The Morgan fingerprint density at radius 1 is 1.30 bits per heavy atom. The monoisotopic (exact) mass is 338 g/mol. The summed E-state index contributed by atoms with van der Waals surface area (Å²) in [7, 11) is -3.27. The Morgan fingerprint density at radius 3 is 2.52 bits per heavy atom. The zero-order chi connectivity index (χ0) is 16.9. The third-order valence-corrected chi connectivity index (χ3v) is 5.49. The number of hydrogen-bond donors (Lipinski definition) is 0. The predicted octanol–water partition coefficient (Wildman–Crippen LogP) is 0.830. The Labute approximate surface area is 137 Å². The third-order valence-electron chi connectivity index (χ3n) is 3.65. The van der Waals surface area contributed by atoms with Crippen molar-refractivity contribution in [1.29, 1.82) is 5.26 Å². The van der Waals surface area contributed by atoms with Gasteiger partial charge in [-0.05, 0) is 26.0 Å². The highest BCUT2D eigenvalue weighted by molar-refractivity contribution is 7.89. The summed E-state index contributed by atoms with van der Waals surface area (Å²) in [5.41, 5.74) is 1.28. The summed E-state index contributed by atoms with van der Waals surface area (Å²) in [5, 5.41) is 8.76. The molecule has 1 aromatic rings. The molecule has 2 rings (SSSR count). The van der Waals surface area contributed by atoms with Gasteiger partial charge in [0.15, 0.2) is 0 Å². The van der Waals surface area contributed by atoms with E-state index in [0.29, 0.717) is 31.9 Å². The molecule has 1 saturated heterocycles. The molecule has 0 saturated carbocycles. The van der Waals surface area contributed by atoms with Gasteiger partial charge in [0, 0.05) is 26.2 Å². The molecule has 1 fully saturated rings. The van der Waals surface area contributed by atoms with Gasteiger partial charge in [0.05, 0.1) is 30.3 Å². The van der Waals surface area contributed by atoms with Crippen LogP contribution in [-0.2, 0) is 14.8 Å². The van der Waals surface area contributed by atoms with Crippen LogP contribution in [0.5, 0.6) is 0 Å². The Bertz CT molecular complexity index is 644. The molecule has 0 atom stereocenters. The minimum atomic E-state index is -3.27. The first-order chi connectivity index (χ1) is 10.9. The van der Waals surface area contributed by atoms with E-state index < -0.39 is 10.0 Å². The van der Waals surface area contributed by atoms with Crippen LogP contribution in [0.2, 0.25) is 0 Å². The summed E-state index contributed by atoms with van der Waals surface area (Å²) >= 11 is 0. The number of aromatic nitrogens is 1. The van der Waals surface area contributed by atoms with Gasteiger partial charge >= 0.3 is 0 Å². The van der Waals surface area contributed by atoms with E-state index in [1.54, 1.807) is 12.3 Å². The van der Waals surface area contributed by atoms with Crippen molar-refractivity contribution in [3.63, 3.8) is 0 Å². The Hall–Kier alpha value is -1.69. The van der Waals surface area contributed by atoms with Crippen LogP contribution in [0.3, 0.4) is 0 Å². The second-order valence-electron chi connectivity index (χ2n) is 5.64. The van der Waals surface area contributed by atoms with E-state index in [1.165, 1.54) is 4.31 Å². The first-order valence-corrected chi connectivity index (χ1v) is 9.24. The maximum Gasteiger partial charge on any atom is 0.216 e. The van der Waals surface area contributed by atoms with Gasteiger partial charge < -0.3 is 9.64 Å². The molecule has 0 N–H and O–H groups in total. The highest BCUT2D eigenvalue weighted by atomic mass is 32.2. The molecule has 8 heteroatoms. The molecule has 1 aromatic heterocycles. The molecule has 0 radical (unpaired) electrons. The smallest absolute Gasteiger partial charge is 0.216 e. The van der Waals surface area contributed by atoms with Gasteiger partial charge in [0.2, 0.25) is 10.0 Å². The minimum absolute atomic E-state index is 0.0175. The molecule has 23 heavy (non-hydrogen) atoms. The van der Waals surface area contributed by atoms with Crippen molar-refractivity contribution in [1.82, 2.24) is 9.29 Å². The number of sulfonamides is 1. The van der Waals surface area contributed by atoms with Crippen LogP contribution in [0.4, 0.5) is 5.69 Å². The largest absolute Gasteiger partial charge is 0.378 e. The average Bonchev–Trinajstić information content (AvgIpc) is 2.54. The van der Waals surface area contributed by atoms with Crippen LogP contribution >= 0.6 is 0 Å². The Morgan fingerprint density at radius 2 is 2.00 bits per heavy atom. The SMILES string of the molecule is CC(C)OCCS(=O)(=O)N1CCN(c2ccc(C#N)nc2)CC1. The summed E-state index contributed by atoms with van der Waals surface area (Å²) in [6, 6.07) is 5.49. The average molecular weight is 338 g/mol. The predicted molar refractivity (Wildman–Crippen MR) is 87.6 cm³/mol. The first-order valence-electron chi connectivity index (χ1n) is 7.63. The molecule has 0 bridgehead atoms. The van der Waals surface area contributed by atoms with Crippen LogP contribution in [0.1, 0.15) is 19.5 Å². The number of pyridine rings is 1. The number of rotatable bonds is 6. The second kappa shape index (κ2) is 7.73. The lowest BCUT2D eigenvalue weighted by Crippen LogP contribution is -2.49. The van der Waals surface area contributed by atoms with Crippen molar-refractivity contribution in [2.45, 2.75) is 20.0 Å². The molecule has 0 amide bonds. The number of nitriles is 1. The molecule has 126 valence electrons. The fourth-order valence-corrected chi connectivity index (χ4v) is 3.67. The number of hydrogen-bond acceptors (Lipinski definition) is 6. The molecular weight excluding hydrogens is 316 g/mol. The zero-order valence-electron chi connectivity index (χ0n) is 13.5. The van der Waals surface area contributed by atoms with E-state index in [2.05, 4.69) is 9.88 Å². The molecule has 1 aliphatic heterocycles. The molecular formula is C15H22N4O3S. The highest BCUT2D eigenvalue weighted by Crippen LogP contribution is 2.17. The van der Waals surface area contributed by atoms with E-state index in [-0.39, 0.29) is 18.5 Å². The standard InChI is InChI=1S/C15H22N4O3S/c1-13(2)22-9-10-23(20,21)19-7-5-18(6-8-19)15-4-3-14(11-16)17-12-15/h3-4,12-13H,5-10H2,1-2H3. The van der Waals surface area contributed by atoms with Gasteiger partial charge in [-0.1, -0.05) is 0 Å². The summed E-state index contributed by atoms with van der Waals surface area (Å²) < 4.78 is 31.4. The maximum absolute atomic E-state index is 12.3. The molecule has 2 heterocycles. The van der Waals surface area contributed by atoms with Gasteiger partial charge in [-0.2, -0.15) is 9.57 Å². The van der Waals surface area contributed by atoms with Crippen molar-refractivity contribution in [2.24, 2.45) is 0 Å². The van der Waals surface area contributed by atoms with Gasteiger partial charge in [-0.25, -0.2) is 13.4 Å². The normalized spacial score (nSPS) is 16.5. The summed E-state index contributed by atoms with van der Waals surface area (Å²) in [6.45, 7) is 6.11. The molecule has 1 aliphatic rings. The van der Waals surface area contributed by atoms with E-state index in [1.807, 2.05) is 26.0 Å². The quantitative estimate of drug-likeness (QED) is 0.763. The van der Waals surface area contributed by atoms with Crippen molar-refractivity contribution < 1.29 is 13.2 Å². The fraction of sp³-hybridized carbons (Fsp3) is 0.600. The van der Waals surface area contributed by atoms with E-state index in [9.17, 15) is 8.42 Å². The van der Waals surface area contributed by atoms with Crippen LogP contribution in [0, 0.1) is 11.3 Å². The van der Waals surface area contributed by atoms with Crippen LogP contribution < -0.4 is 4.90 Å². The lowest BCUT2D eigenvalue weighted by Gasteiger charge is -2.35. The Balaban J connectivity index is 1.88. The second-order valence-corrected chi connectivity index (χ2v) is 7.72. The molecule has 0 aromatic carbocycles. The fourth-order valence-electron chi connectivity index (χ4n) is 2.38. The van der Waals surface area contributed by atoms with Gasteiger partial charge in [0.25, 0.3) is 0 Å². The minimum Gasteiger partial charge on any atom is -0.378 e. The van der Waals surface area contributed by atoms with Crippen LogP contribution in [0.15, 0.2) is 18.3 Å². The van der Waals surface area contributed by atoms with E-state index in [0.717, 1.165) is 5.69 Å². The summed E-state index contributed by atoms with van der Waals surface area (Å²) in [4.78, 5) is 6.12. The number of ether oxygens (including phenoxy) is 1. The van der Waals surface area contributed by atoms with Crippen molar-refractivity contribution in [3.05, 3.63) is 24.0 Å². The number of nitrogens with zero attached hydrogens (tertiary/aromatic N) is 4. The zero-order valence-corrected chi connectivity index (χ0v) is 14.3.